The molecule has 6 heteroatoms. The van der Waals surface area contributed by atoms with Crippen LogP contribution in [0.25, 0.3) is 0 Å². The summed E-state index contributed by atoms with van der Waals surface area (Å²) < 4.78 is 26.6. The van der Waals surface area contributed by atoms with Crippen molar-refractivity contribution in [3.63, 3.8) is 0 Å². The van der Waals surface area contributed by atoms with Gasteiger partial charge in [0.2, 0.25) is 5.91 Å². The van der Waals surface area contributed by atoms with Crippen LogP contribution in [0.15, 0.2) is 42.6 Å². The molecule has 1 N–H and O–H groups in total. The second kappa shape index (κ2) is 7.05. The van der Waals surface area contributed by atoms with Gasteiger partial charge in [-0.15, -0.1) is 0 Å². The van der Waals surface area contributed by atoms with Gasteiger partial charge in [0.1, 0.15) is 0 Å². The second-order valence-electron chi connectivity index (χ2n) is 5.95. The zero-order valence-electron chi connectivity index (χ0n) is 13.0. The van der Waals surface area contributed by atoms with Crippen molar-refractivity contribution >= 4 is 5.91 Å². The van der Waals surface area contributed by atoms with E-state index in [1.165, 1.54) is 6.07 Å². The summed E-state index contributed by atoms with van der Waals surface area (Å²) in [6.45, 7) is 0.199. The summed E-state index contributed by atoms with van der Waals surface area (Å²) in [7, 11) is 0. The van der Waals surface area contributed by atoms with Crippen molar-refractivity contribution in [2.45, 2.75) is 31.4 Å². The quantitative estimate of drug-likeness (QED) is 0.936. The molecule has 2 heterocycles. The number of carbonyl (C=O) groups excluding carboxylic acids is 1. The number of aliphatic hydroxyl groups excluding tert-OH is 1. The maximum absolute atomic E-state index is 13.5. The van der Waals surface area contributed by atoms with Gasteiger partial charge in [-0.3, -0.25) is 9.78 Å². The first kappa shape index (κ1) is 16.5. The number of hydrogen-bond donors (Lipinski definition) is 1. The number of rotatable bonds is 4. The summed E-state index contributed by atoms with van der Waals surface area (Å²) in [5, 5.41) is 9.92. The van der Waals surface area contributed by atoms with Gasteiger partial charge < -0.3 is 10.0 Å². The first-order valence-electron chi connectivity index (χ1n) is 7.87. The minimum absolute atomic E-state index is 0.132. The third kappa shape index (κ3) is 3.59. The van der Waals surface area contributed by atoms with E-state index < -0.39 is 23.8 Å². The van der Waals surface area contributed by atoms with Gasteiger partial charge in [-0.2, -0.15) is 0 Å². The Morgan fingerprint density at radius 1 is 1.25 bits per heavy atom. The average Bonchev–Trinajstić information content (AvgIpc) is 2.98. The molecule has 0 saturated carbocycles. The fraction of sp³-hybridized carbons (Fsp3) is 0.333. The van der Waals surface area contributed by atoms with Crippen LogP contribution in [0.5, 0.6) is 0 Å². The lowest BCUT2D eigenvalue weighted by Crippen LogP contribution is -2.32. The number of nitrogens with zero attached hydrogens (tertiary/aromatic N) is 2. The van der Waals surface area contributed by atoms with E-state index in [1.54, 1.807) is 17.2 Å². The van der Waals surface area contributed by atoms with E-state index in [1.807, 2.05) is 12.1 Å². The summed E-state index contributed by atoms with van der Waals surface area (Å²) in [4.78, 5) is 18.2. The van der Waals surface area contributed by atoms with Crippen molar-refractivity contribution in [3.8, 4) is 0 Å². The Kier molecular flexibility index (Phi) is 4.85. The standard InChI is InChI=1S/C18H18F2N2O2/c19-15-6-4-12(9-16(15)20)17-10-14(23)11-22(17)18(24)7-5-13-3-1-2-8-21-13/h1-4,6,8-9,14,17,23H,5,7,10-11H2/t14-,17+/m1/s1. The first-order valence-corrected chi connectivity index (χ1v) is 7.87. The van der Waals surface area contributed by atoms with Crippen molar-refractivity contribution in [1.29, 1.82) is 0 Å². The first-order chi connectivity index (χ1) is 11.5. The van der Waals surface area contributed by atoms with E-state index in [0.717, 1.165) is 17.8 Å². The normalized spacial score (nSPS) is 20.4. The molecule has 1 amide bonds. The lowest BCUT2D eigenvalue weighted by Gasteiger charge is -2.25. The Hall–Kier alpha value is -2.34. The highest BCUT2D eigenvalue weighted by atomic mass is 19.2. The predicted octanol–water partition coefficient (Wildman–Crippen LogP) is 2.63. The van der Waals surface area contributed by atoms with Crippen LogP contribution in [-0.2, 0) is 11.2 Å². The van der Waals surface area contributed by atoms with Crippen molar-refractivity contribution < 1.29 is 18.7 Å². The molecule has 1 aliphatic rings. The van der Waals surface area contributed by atoms with Gasteiger partial charge in [-0.25, -0.2) is 8.78 Å². The monoisotopic (exact) mass is 332 g/mol. The maximum Gasteiger partial charge on any atom is 0.223 e. The van der Waals surface area contributed by atoms with Crippen molar-refractivity contribution in [2.75, 3.05) is 6.54 Å². The highest BCUT2D eigenvalue weighted by Crippen LogP contribution is 2.33. The van der Waals surface area contributed by atoms with E-state index in [0.29, 0.717) is 18.4 Å². The van der Waals surface area contributed by atoms with Crippen LogP contribution in [0.3, 0.4) is 0 Å². The van der Waals surface area contributed by atoms with Crippen molar-refractivity contribution in [2.24, 2.45) is 0 Å². The van der Waals surface area contributed by atoms with E-state index in [-0.39, 0.29) is 18.9 Å². The number of aliphatic hydroxyl groups is 1. The lowest BCUT2D eigenvalue weighted by molar-refractivity contribution is -0.132. The zero-order valence-corrected chi connectivity index (χ0v) is 13.0. The number of benzene rings is 1. The second-order valence-corrected chi connectivity index (χ2v) is 5.95. The van der Waals surface area contributed by atoms with Gasteiger partial charge in [0, 0.05) is 24.9 Å². The van der Waals surface area contributed by atoms with E-state index >= 15 is 0 Å². The van der Waals surface area contributed by atoms with Crippen LogP contribution in [-0.4, -0.2) is 33.5 Å². The van der Waals surface area contributed by atoms with Crippen LogP contribution < -0.4 is 0 Å². The number of pyridine rings is 1. The molecule has 1 aromatic heterocycles. The zero-order chi connectivity index (χ0) is 17.1. The molecule has 24 heavy (non-hydrogen) atoms. The Morgan fingerprint density at radius 2 is 2.08 bits per heavy atom. The van der Waals surface area contributed by atoms with E-state index in [9.17, 15) is 18.7 Å². The molecule has 1 aromatic carbocycles. The Morgan fingerprint density at radius 3 is 2.79 bits per heavy atom. The third-order valence-electron chi connectivity index (χ3n) is 4.25. The molecule has 0 unspecified atom stereocenters. The molecule has 2 atom stereocenters. The average molecular weight is 332 g/mol. The van der Waals surface area contributed by atoms with Gasteiger partial charge in [0.25, 0.3) is 0 Å². The van der Waals surface area contributed by atoms with Gasteiger partial charge in [0.05, 0.1) is 12.1 Å². The van der Waals surface area contributed by atoms with Gasteiger partial charge in [0.15, 0.2) is 11.6 Å². The molecule has 1 aliphatic heterocycles. The number of halogens is 2. The topological polar surface area (TPSA) is 53.4 Å². The van der Waals surface area contributed by atoms with Crippen LogP contribution in [0, 0.1) is 11.6 Å². The Bertz CT molecular complexity index is 724. The molecule has 0 bridgehead atoms. The summed E-state index contributed by atoms with van der Waals surface area (Å²) in [5.74, 6) is -2.01. The maximum atomic E-state index is 13.5. The molecule has 2 aromatic rings. The number of carbonyl (C=O) groups is 1. The number of likely N-dealkylation sites (tertiary alicyclic amines) is 1. The minimum Gasteiger partial charge on any atom is -0.391 e. The molecule has 1 fully saturated rings. The van der Waals surface area contributed by atoms with E-state index in [2.05, 4.69) is 4.98 Å². The van der Waals surface area contributed by atoms with E-state index in [4.69, 9.17) is 0 Å². The molecule has 0 aliphatic carbocycles. The van der Waals surface area contributed by atoms with Crippen LogP contribution in [0.1, 0.15) is 30.1 Å². The highest BCUT2D eigenvalue weighted by Gasteiger charge is 2.35. The summed E-state index contributed by atoms with van der Waals surface area (Å²) in [6.07, 6.45) is 2.08. The lowest BCUT2D eigenvalue weighted by atomic mass is 10.0. The fourth-order valence-corrected chi connectivity index (χ4v) is 3.05. The fourth-order valence-electron chi connectivity index (χ4n) is 3.05. The third-order valence-corrected chi connectivity index (χ3v) is 4.25. The molecule has 4 nitrogen and oxygen atoms in total. The Balaban J connectivity index is 1.72. The highest BCUT2D eigenvalue weighted by molar-refractivity contribution is 5.77. The number of aromatic nitrogens is 1. The summed E-state index contributed by atoms with van der Waals surface area (Å²) >= 11 is 0. The van der Waals surface area contributed by atoms with Crippen molar-refractivity contribution in [3.05, 3.63) is 65.5 Å². The molecular formula is C18H18F2N2O2. The number of aryl methyl sites for hydroxylation is 1. The van der Waals surface area contributed by atoms with Gasteiger partial charge in [-0.05, 0) is 42.7 Å². The van der Waals surface area contributed by atoms with Crippen LogP contribution in [0.2, 0.25) is 0 Å². The molecule has 3 rings (SSSR count). The van der Waals surface area contributed by atoms with Crippen LogP contribution in [0.4, 0.5) is 8.78 Å². The number of amides is 1. The minimum atomic E-state index is -0.949. The van der Waals surface area contributed by atoms with Gasteiger partial charge in [-0.1, -0.05) is 12.1 Å². The predicted molar refractivity (Wildman–Crippen MR) is 84.0 cm³/mol. The molecule has 0 radical (unpaired) electrons. The molecular weight excluding hydrogens is 314 g/mol. The summed E-state index contributed by atoms with van der Waals surface area (Å²) in [6, 6.07) is 8.67. The van der Waals surface area contributed by atoms with Crippen molar-refractivity contribution in [1.82, 2.24) is 9.88 Å². The number of hydrogen-bond acceptors (Lipinski definition) is 3. The molecule has 0 spiro atoms. The smallest absolute Gasteiger partial charge is 0.223 e. The summed E-state index contributed by atoms with van der Waals surface area (Å²) in [5.41, 5.74) is 1.31. The van der Waals surface area contributed by atoms with Gasteiger partial charge >= 0.3 is 0 Å². The molecule has 1 saturated heterocycles. The molecule has 126 valence electrons. The SMILES string of the molecule is O=C(CCc1ccccn1)N1C[C@H](O)C[C@H]1c1ccc(F)c(F)c1. The van der Waals surface area contributed by atoms with Crippen LogP contribution >= 0.6 is 0 Å². The number of β-amino-alcohol motifs (C(OH)–C–C–N with tert-alkyl or cyclic N) is 1. The largest absolute Gasteiger partial charge is 0.391 e. The Labute approximate surface area is 138 Å².